The fraction of sp³-hybridized carbons (Fsp3) is 0.188. The normalized spacial score (nSPS) is 11.0. The van der Waals surface area contributed by atoms with Crippen molar-refractivity contribution in [2.45, 2.75) is 13.8 Å². The monoisotopic (exact) mass is 299 g/mol. The number of fused-ring (bicyclic) bond motifs is 2. The summed E-state index contributed by atoms with van der Waals surface area (Å²) in [6, 6.07) is 4.55. The van der Waals surface area contributed by atoms with Crippen molar-refractivity contribution in [1.82, 2.24) is 4.98 Å². The van der Waals surface area contributed by atoms with Gasteiger partial charge in [0.2, 0.25) is 5.43 Å². The van der Waals surface area contributed by atoms with E-state index in [1.165, 1.54) is 12.3 Å². The lowest BCUT2D eigenvalue weighted by Gasteiger charge is -2.05. The molecule has 0 saturated heterocycles. The molecule has 0 aliphatic rings. The number of hydrogen-bond acceptors (Lipinski definition) is 5. The number of H-pyrrole nitrogens is 1. The lowest BCUT2D eigenvalue weighted by atomic mass is 10.1. The molecule has 0 saturated carbocycles. The summed E-state index contributed by atoms with van der Waals surface area (Å²) >= 11 is 0. The summed E-state index contributed by atoms with van der Waals surface area (Å²) in [5.74, 6) is -0.665. The van der Waals surface area contributed by atoms with Crippen molar-refractivity contribution in [3.8, 4) is 0 Å². The molecule has 3 aromatic rings. The molecule has 22 heavy (non-hydrogen) atoms. The Labute approximate surface area is 124 Å². The summed E-state index contributed by atoms with van der Waals surface area (Å²) in [6.07, 6.45) is 1.31. The van der Waals surface area contributed by atoms with Crippen LogP contribution in [0.3, 0.4) is 0 Å². The quantitative estimate of drug-likeness (QED) is 0.445. The van der Waals surface area contributed by atoms with Gasteiger partial charge >= 0.3 is 11.6 Å². The number of carbonyl (C=O) groups excluding carboxylic acids is 1. The highest BCUT2D eigenvalue weighted by molar-refractivity contribution is 5.98. The summed E-state index contributed by atoms with van der Waals surface area (Å²) in [4.78, 5) is 38.5. The third-order valence-electron chi connectivity index (χ3n) is 3.45. The number of carbonyl (C=O) groups is 1. The Morgan fingerprint density at radius 1 is 1.23 bits per heavy atom. The summed E-state index contributed by atoms with van der Waals surface area (Å²) in [6.45, 7) is 3.62. The van der Waals surface area contributed by atoms with Gasteiger partial charge in [0.05, 0.1) is 12.1 Å². The minimum Gasteiger partial charge on any atom is -0.462 e. The fourth-order valence-corrected chi connectivity index (χ4v) is 2.39. The molecule has 0 amide bonds. The van der Waals surface area contributed by atoms with Crippen molar-refractivity contribution < 1.29 is 13.9 Å². The van der Waals surface area contributed by atoms with Gasteiger partial charge in [-0.25, -0.2) is 9.59 Å². The minimum absolute atomic E-state index is 0.0521. The van der Waals surface area contributed by atoms with E-state index in [9.17, 15) is 14.4 Å². The molecule has 1 N–H and O–H groups in total. The van der Waals surface area contributed by atoms with Crippen molar-refractivity contribution in [2.75, 3.05) is 6.61 Å². The molecule has 0 spiro atoms. The van der Waals surface area contributed by atoms with Crippen LogP contribution in [0.2, 0.25) is 0 Å². The third-order valence-corrected chi connectivity index (χ3v) is 3.45. The number of nitrogens with one attached hydrogen (secondary N) is 1. The topological polar surface area (TPSA) is 89.4 Å². The standard InChI is InChI=1S/C16H13NO5/c1-3-21-16(20)11-7-17-12-6-13-9(5-10(12)15(11)19)8(2)4-14(18)22-13/h4-7H,3H2,1-2H3,(H,17,19). The number of rotatable bonds is 2. The SMILES string of the molecule is CCOC(=O)c1c[nH]c2cc3oc(=O)cc(C)c3cc2c1=O. The number of esters is 1. The van der Waals surface area contributed by atoms with E-state index >= 15 is 0 Å². The lowest BCUT2D eigenvalue weighted by molar-refractivity contribution is 0.0524. The average molecular weight is 299 g/mol. The highest BCUT2D eigenvalue weighted by Gasteiger charge is 2.15. The van der Waals surface area contributed by atoms with Crippen LogP contribution < -0.4 is 11.1 Å². The first-order valence-electron chi connectivity index (χ1n) is 6.78. The third kappa shape index (κ3) is 2.18. The van der Waals surface area contributed by atoms with Crippen molar-refractivity contribution in [1.29, 1.82) is 0 Å². The Bertz CT molecular complexity index is 1010. The van der Waals surface area contributed by atoms with Crippen LogP contribution in [0, 0.1) is 6.92 Å². The second-order valence-electron chi connectivity index (χ2n) is 4.89. The molecule has 1 aromatic carbocycles. The molecular formula is C16H13NO5. The van der Waals surface area contributed by atoms with E-state index < -0.39 is 17.0 Å². The van der Waals surface area contributed by atoms with Crippen molar-refractivity contribution in [3.63, 3.8) is 0 Å². The van der Waals surface area contributed by atoms with E-state index in [0.29, 0.717) is 27.4 Å². The Morgan fingerprint density at radius 2 is 2.00 bits per heavy atom. The molecule has 0 aliphatic carbocycles. The molecule has 0 aliphatic heterocycles. The number of aromatic nitrogens is 1. The Kier molecular flexibility index (Phi) is 3.29. The highest BCUT2D eigenvalue weighted by Crippen LogP contribution is 2.21. The van der Waals surface area contributed by atoms with Gasteiger partial charge in [-0.2, -0.15) is 0 Å². The molecule has 0 unspecified atom stereocenters. The van der Waals surface area contributed by atoms with Gasteiger partial charge in [0.15, 0.2) is 0 Å². The van der Waals surface area contributed by atoms with Gasteiger partial charge in [0.25, 0.3) is 0 Å². The maximum Gasteiger partial charge on any atom is 0.343 e. The Hall–Kier alpha value is -2.89. The fourth-order valence-electron chi connectivity index (χ4n) is 2.39. The van der Waals surface area contributed by atoms with Crippen molar-refractivity contribution in [3.05, 3.63) is 56.2 Å². The number of ether oxygens (including phenoxy) is 1. The molecule has 0 bridgehead atoms. The van der Waals surface area contributed by atoms with Crippen LogP contribution in [-0.4, -0.2) is 17.6 Å². The maximum absolute atomic E-state index is 12.5. The zero-order valence-electron chi connectivity index (χ0n) is 12.1. The minimum atomic E-state index is -0.665. The van der Waals surface area contributed by atoms with E-state index in [-0.39, 0.29) is 12.2 Å². The predicted molar refractivity (Wildman–Crippen MR) is 81.3 cm³/mol. The van der Waals surface area contributed by atoms with Gasteiger partial charge in [-0.1, -0.05) is 0 Å². The van der Waals surface area contributed by atoms with E-state index in [4.69, 9.17) is 9.15 Å². The molecule has 0 atom stereocenters. The number of aryl methyl sites for hydroxylation is 1. The van der Waals surface area contributed by atoms with E-state index in [1.54, 1.807) is 26.0 Å². The molecule has 2 aromatic heterocycles. The Morgan fingerprint density at radius 3 is 2.73 bits per heavy atom. The number of pyridine rings is 1. The van der Waals surface area contributed by atoms with Crippen LogP contribution in [0.1, 0.15) is 22.8 Å². The van der Waals surface area contributed by atoms with E-state index in [2.05, 4.69) is 4.98 Å². The van der Waals surface area contributed by atoms with Gasteiger partial charge in [-0.3, -0.25) is 4.79 Å². The summed E-state index contributed by atoms with van der Waals surface area (Å²) in [7, 11) is 0. The summed E-state index contributed by atoms with van der Waals surface area (Å²) in [5.41, 5.74) is 0.656. The van der Waals surface area contributed by atoms with Gasteiger partial charge < -0.3 is 14.1 Å². The molecule has 112 valence electrons. The van der Waals surface area contributed by atoms with Crippen LogP contribution in [0.4, 0.5) is 0 Å². The molecule has 0 radical (unpaired) electrons. The summed E-state index contributed by atoms with van der Waals surface area (Å²) in [5, 5.41) is 0.994. The zero-order chi connectivity index (χ0) is 15.9. The van der Waals surface area contributed by atoms with E-state index in [1.807, 2.05) is 0 Å². The molecule has 3 rings (SSSR count). The number of benzene rings is 1. The lowest BCUT2D eigenvalue weighted by Crippen LogP contribution is -2.18. The second-order valence-corrected chi connectivity index (χ2v) is 4.89. The van der Waals surface area contributed by atoms with Gasteiger partial charge in [-0.15, -0.1) is 0 Å². The van der Waals surface area contributed by atoms with Crippen LogP contribution in [0.5, 0.6) is 0 Å². The molecule has 2 heterocycles. The highest BCUT2D eigenvalue weighted by atomic mass is 16.5. The first-order chi connectivity index (χ1) is 10.5. The van der Waals surface area contributed by atoms with Gasteiger partial charge in [-0.05, 0) is 25.5 Å². The molecular weight excluding hydrogens is 286 g/mol. The van der Waals surface area contributed by atoms with Crippen LogP contribution >= 0.6 is 0 Å². The first-order valence-corrected chi connectivity index (χ1v) is 6.78. The van der Waals surface area contributed by atoms with Crippen molar-refractivity contribution in [2.24, 2.45) is 0 Å². The van der Waals surface area contributed by atoms with Crippen LogP contribution in [0.15, 0.2) is 38.4 Å². The van der Waals surface area contributed by atoms with Crippen molar-refractivity contribution >= 4 is 27.8 Å². The van der Waals surface area contributed by atoms with Crippen LogP contribution in [0.25, 0.3) is 21.9 Å². The number of aromatic amines is 1. The van der Waals surface area contributed by atoms with Crippen LogP contribution in [-0.2, 0) is 4.74 Å². The molecule has 6 nitrogen and oxygen atoms in total. The smallest absolute Gasteiger partial charge is 0.343 e. The number of hydrogen-bond donors (Lipinski definition) is 1. The van der Waals surface area contributed by atoms with Gasteiger partial charge in [0.1, 0.15) is 11.1 Å². The zero-order valence-corrected chi connectivity index (χ0v) is 12.1. The molecule has 6 heteroatoms. The first kappa shape index (κ1) is 14.1. The molecule has 0 fully saturated rings. The average Bonchev–Trinajstić information content (AvgIpc) is 2.46. The van der Waals surface area contributed by atoms with Gasteiger partial charge in [0, 0.05) is 29.1 Å². The summed E-state index contributed by atoms with van der Waals surface area (Å²) < 4.78 is 10.0. The largest absolute Gasteiger partial charge is 0.462 e. The van der Waals surface area contributed by atoms with E-state index in [0.717, 1.165) is 0 Å². The maximum atomic E-state index is 12.5. The Balaban J connectivity index is 2.35. The second kappa shape index (κ2) is 5.14. The predicted octanol–water partition coefficient (Wildman–Crippen LogP) is 2.12.